The standard InChI is InChI=1S/C21H21N3O4/c1-15-4-3-9-23(13-15)19-8-7-18(11-20(19)24(26)27)21(25)28-14-17-6-2-5-16(10-17)12-22/h2,5-8,10-11,15H,3-4,9,13-14H2,1H3/t15-/m0/s1. The number of nitro groups is 1. The van der Waals surface area contributed by atoms with Gasteiger partial charge in [0.1, 0.15) is 12.3 Å². The molecule has 1 aliphatic heterocycles. The highest BCUT2D eigenvalue weighted by Gasteiger charge is 2.25. The van der Waals surface area contributed by atoms with Crippen LogP contribution in [0.5, 0.6) is 0 Å². The summed E-state index contributed by atoms with van der Waals surface area (Å²) in [6.07, 6.45) is 2.10. The molecule has 0 amide bonds. The van der Waals surface area contributed by atoms with Crippen molar-refractivity contribution in [1.29, 1.82) is 5.26 Å². The zero-order valence-electron chi connectivity index (χ0n) is 15.6. The Morgan fingerprint density at radius 2 is 2.18 bits per heavy atom. The van der Waals surface area contributed by atoms with Crippen molar-refractivity contribution >= 4 is 17.3 Å². The van der Waals surface area contributed by atoms with E-state index in [4.69, 9.17) is 10.00 Å². The summed E-state index contributed by atoms with van der Waals surface area (Å²) in [6, 6.07) is 13.3. The minimum absolute atomic E-state index is 0.00641. The van der Waals surface area contributed by atoms with Gasteiger partial charge in [0.2, 0.25) is 0 Å². The van der Waals surface area contributed by atoms with Crippen LogP contribution in [0.3, 0.4) is 0 Å². The van der Waals surface area contributed by atoms with Gasteiger partial charge in [-0.15, -0.1) is 0 Å². The first-order valence-electron chi connectivity index (χ1n) is 9.17. The van der Waals surface area contributed by atoms with E-state index in [-0.39, 0.29) is 17.9 Å². The van der Waals surface area contributed by atoms with E-state index in [1.165, 1.54) is 6.07 Å². The summed E-state index contributed by atoms with van der Waals surface area (Å²) >= 11 is 0. The monoisotopic (exact) mass is 379 g/mol. The van der Waals surface area contributed by atoms with Crippen LogP contribution in [0, 0.1) is 27.4 Å². The number of anilines is 1. The minimum atomic E-state index is -0.635. The largest absolute Gasteiger partial charge is 0.457 e. The molecule has 2 aromatic rings. The molecular weight excluding hydrogens is 358 g/mol. The van der Waals surface area contributed by atoms with Crippen LogP contribution in [0.25, 0.3) is 0 Å². The number of carbonyl (C=O) groups is 1. The summed E-state index contributed by atoms with van der Waals surface area (Å²) in [6.45, 7) is 3.66. The van der Waals surface area contributed by atoms with Crippen LogP contribution in [0.1, 0.15) is 41.3 Å². The summed E-state index contributed by atoms with van der Waals surface area (Å²) in [5, 5.41) is 20.5. The van der Waals surface area contributed by atoms with Gasteiger partial charge >= 0.3 is 5.97 Å². The first-order chi connectivity index (χ1) is 13.5. The van der Waals surface area contributed by atoms with Gasteiger partial charge in [-0.2, -0.15) is 5.26 Å². The van der Waals surface area contributed by atoms with Gasteiger partial charge in [-0.1, -0.05) is 19.1 Å². The predicted octanol–water partition coefficient (Wildman–Crippen LogP) is 4.06. The van der Waals surface area contributed by atoms with Crippen molar-refractivity contribution < 1.29 is 14.5 Å². The second-order valence-corrected chi connectivity index (χ2v) is 7.04. The van der Waals surface area contributed by atoms with Gasteiger partial charge in [-0.05, 0) is 48.6 Å². The van der Waals surface area contributed by atoms with Gasteiger partial charge in [-0.3, -0.25) is 10.1 Å². The third-order valence-corrected chi connectivity index (χ3v) is 4.83. The highest BCUT2D eigenvalue weighted by Crippen LogP contribution is 2.32. The maximum absolute atomic E-state index is 12.4. The van der Waals surface area contributed by atoms with Crippen molar-refractivity contribution in [3.8, 4) is 6.07 Å². The summed E-state index contributed by atoms with van der Waals surface area (Å²) in [5.74, 6) is -0.161. The molecule has 7 nitrogen and oxygen atoms in total. The molecule has 0 bridgehead atoms. The SMILES string of the molecule is C[C@H]1CCCN(c2ccc(C(=O)OCc3cccc(C#N)c3)cc2[N+](=O)[O-])C1. The molecular formula is C21H21N3O4. The van der Waals surface area contributed by atoms with Gasteiger partial charge in [0.05, 0.1) is 22.1 Å². The Hall–Kier alpha value is -3.40. The van der Waals surface area contributed by atoms with Crippen molar-refractivity contribution in [2.75, 3.05) is 18.0 Å². The highest BCUT2D eigenvalue weighted by molar-refractivity contribution is 5.91. The van der Waals surface area contributed by atoms with Crippen LogP contribution in [-0.2, 0) is 11.3 Å². The van der Waals surface area contributed by atoms with Crippen molar-refractivity contribution in [2.45, 2.75) is 26.4 Å². The number of piperidine rings is 1. The summed E-state index contributed by atoms with van der Waals surface area (Å²) < 4.78 is 5.27. The van der Waals surface area contributed by atoms with Crippen LogP contribution in [0.4, 0.5) is 11.4 Å². The van der Waals surface area contributed by atoms with E-state index in [0.29, 0.717) is 22.7 Å². The first-order valence-corrected chi connectivity index (χ1v) is 9.17. The van der Waals surface area contributed by atoms with Crippen LogP contribution < -0.4 is 4.90 Å². The van der Waals surface area contributed by atoms with Crippen LogP contribution in [-0.4, -0.2) is 24.0 Å². The van der Waals surface area contributed by atoms with E-state index < -0.39 is 10.9 Å². The van der Waals surface area contributed by atoms with E-state index in [9.17, 15) is 14.9 Å². The molecule has 1 saturated heterocycles. The zero-order chi connectivity index (χ0) is 20.1. The Morgan fingerprint density at radius 1 is 1.36 bits per heavy atom. The van der Waals surface area contributed by atoms with E-state index in [1.807, 2.05) is 11.0 Å². The highest BCUT2D eigenvalue weighted by atomic mass is 16.6. The lowest BCUT2D eigenvalue weighted by Gasteiger charge is -2.32. The van der Waals surface area contributed by atoms with Gasteiger partial charge < -0.3 is 9.64 Å². The first kappa shape index (κ1) is 19.4. The van der Waals surface area contributed by atoms with Gasteiger partial charge in [0, 0.05) is 19.2 Å². The molecule has 0 aromatic heterocycles. The number of esters is 1. The lowest BCUT2D eigenvalue weighted by molar-refractivity contribution is -0.384. The minimum Gasteiger partial charge on any atom is -0.457 e. The third-order valence-electron chi connectivity index (χ3n) is 4.83. The molecule has 1 atom stereocenters. The fraction of sp³-hybridized carbons (Fsp3) is 0.333. The van der Waals surface area contributed by atoms with Crippen LogP contribution in [0.2, 0.25) is 0 Å². The molecule has 3 rings (SSSR count). The molecule has 1 heterocycles. The number of rotatable bonds is 5. The third kappa shape index (κ3) is 4.46. The van der Waals surface area contributed by atoms with Crippen molar-refractivity contribution in [2.24, 2.45) is 5.92 Å². The van der Waals surface area contributed by atoms with E-state index >= 15 is 0 Å². The Bertz CT molecular complexity index is 935. The molecule has 0 unspecified atom stereocenters. The maximum atomic E-state index is 12.4. The quantitative estimate of drug-likeness (QED) is 0.441. The van der Waals surface area contributed by atoms with Gasteiger partial charge in [-0.25, -0.2) is 4.79 Å². The number of hydrogen-bond acceptors (Lipinski definition) is 6. The van der Waals surface area contributed by atoms with E-state index in [2.05, 4.69) is 6.92 Å². The fourth-order valence-electron chi connectivity index (χ4n) is 3.44. The van der Waals surface area contributed by atoms with E-state index in [0.717, 1.165) is 25.9 Å². The smallest absolute Gasteiger partial charge is 0.338 e. The zero-order valence-corrected chi connectivity index (χ0v) is 15.6. The molecule has 7 heteroatoms. The molecule has 0 radical (unpaired) electrons. The fourth-order valence-corrected chi connectivity index (χ4v) is 3.44. The Kier molecular flexibility index (Phi) is 5.90. The summed E-state index contributed by atoms with van der Waals surface area (Å²) in [4.78, 5) is 25.5. The number of nitro benzene ring substituents is 1. The molecule has 144 valence electrons. The molecule has 0 saturated carbocycles. The number of nitriles is 1. The van der Waals surface area contributed by atoms with Crippen molar-refractivity contribution in [3.05, 3.63) is 69.3 Å². The van der Waals surface area contributed by atoms with Crippen molar-refractivity contribution in [1.82, 2.24) is 0 Å². The number of ether oxygens (including phenoxy) is 1. The average Bonchev–Trinajstić information content (AvgIpc) is 2.71. The van der Waals surface area contributed by atoms with Gasteiger partial charge in [0.25, 0.3) is 5.69 Å². The Morgan fingerprint density at radius 3 is 2.89 bits per heavy atom. The Labute approximate surface area is 163 Å². The number of carbonyl (C=O) groups excluding carboxylic acids is 1. The normalized spacial score (nSPS) is 16.3. The molecule has 0 spiro atoms. The lowest BCUT2D eigenvalue weighted by atomic mass is 9.99. The Balaban J connectivity index is 1.76. The van der Waals surface area contributed by atoms with Crippen LogP contribution in [0.15, 0.2) is 42.5 Å². The molecule has 28 heavy (non-hydrogen) atoms. The maximum Gasteiger partial charge on any atom is 0.338 e. The second kappa shape index (κ2) is 8.53. The molecule has 1 aliphatic rings. The number of hydrogen-bond donors (Lipinski definition) is 0. The van der Waals surface area contributed by atoms with E-state index in [1.54, 1.807) is 36.4 Å². The second-order valence-electron chi connectivity index (χ2n) is 7.04. The topological polar surface area (TPSA) is 96.5 Å². The average molecular weight is 379 g/mol. The van der Waals surface area contributed by atoms with Gasteiger partial charge in [0.15, 0.2) is 0 Å². The number of nitrogens with zero attached hydrogens (tertiary/aromatic N) is 3. The molecule has 0 aliphatic carbocycles. The molecule has 2 aromatic carbocycles. The summed E-state index contributed by atoms with van der Waals surface area (Å²) in [7, 11) is 0. The van der Waals surface area contributed by atoms with Crippen molar-refractivity contribution in [3.63, 3.8) is 0 Å². The molecule has 0 N–H and O–H groups in total. The summed E-state index contributed by atoms with van der Waals surface area (Å²) in [5.41, 5.74) is 1.74. The van der Waals surface area contributed by atoms with Crippen LogP contribution >= 0.6 is 0 Å². The molecule has 1 fully saturated rings. The lowest BCUT2D eigenvalue weighted by Crippen LogP contribution is -2.34. The predicted molar refractivity (Wildman–Crippen MR) is 104 cm³/mol. The number of benzene rings is 2.